The maximum Gasteiger partial charge on any atom is 0.147 e. The van der Waals surface area contributed by atoms with Crippen molar-refractivity contribution >= 4 is 0 Å². The monoisotopic (exact) mass is 238 g/mol. The minimum Gasteiger partial charge on any atom is -0.315 e. The van der Waals surface area contributed by atoms with Crippen molar-refractivity contribution in [3.05, 3.63) is 48.0 Å². The molecule has 0 unspecified atom stereocenters. The van der Waals surface area contributed by atoms with Crippen molar-refractivity contribution in [2.24, 2.45) is 0 Å². The Labute approximate surface area is 106 Å². The average Bonchev–Trinajstić information content (AvgIpc) is 2.87. The number of benzene rings is 1. The standard InChI is InChI=1S/C14H14N4/c1-2-5-13(6-3-1)7-4-8-17-9-10-18-12-15-16-14(18)11-17/h1-3,5-6,12H,8-11H2. The molecule has 0 fully saturated rings. The van der Waals surface area contributed by atoms with Crippen molar-refractivity contribution in [3.63, 3.8) is 0 Å². The zero-order valence-corrected chi connectivity index (χ0v) is 10.1. The van der Waals surface area contributed by atoms with Gasteiger partial charge in [0.05, 0.1) is 13.1 Å². The predicted molar refractivity (Wildman–Crippen MR) is 68.6 cm³/mol. The first kappa shape index (κ1) is 11.0. The fraction of sp³-hybridized carbons (Fsp3) is 0.286. The topological polar surface area (TPSA) is 34.0 Å². The lowest BCUT2D eigenvalue weighted by Crippen LogP contribution is -2.33. The average molecular weight is 238 g/mol. The van der Waals surface area contributed by atoms with Crippen molar-refractivity contribution in [2.45, 2.75) is 13.1 Å². The van der Waals surface area contributed by atoms with Crippen LogP contribution in [0.2, 0.25) is 0 Å². The Bertz CT molecular complexity index is 577. The molecule has 0 aliphatic carbocycles. The van der Waals surface area contributed by atoms with Crippen LogP contribution in [0.5, 0.6) is 0 Å². The zero-order chi connectivity index (χ0) is 12.2. The van der Waals surface area contributed by atoms with Gasteiger partial charge < -0.3 is 4.57 Å². The van der Waals surface area contributed by atoms with Gasteiger partial charge in [-0.25, -0.2) is 0 Å². The van der Waals surface area contributed by atoms with E-state index in [-0.39, 0.29) is 0 Å². The molecule has 0 spiro atoms. The quantitative estimate of drug-likeness (QED) is 0.699. The van der Waals surface area contributed by atoms with E-state index >= 15 is 0 Å². The van der Waals surface area contributed by atoms with E-state index in [0.29, 0.717) is 0 Å². The summed E-state index contributed by atoms with van der Waals surface area (Å²) in [6, 6.07) is 10.1. The Kier molecular flexibility index (Phi) is 3.07. The Morgan fingerprint density at radius 1 is 1.17 bits per heavy atom. The second-order valence-corrected chi connectivity index (χ2v) is 4.32. The highest BCUT2D eigenvalue weighted by molar-refractivity contribution is 5.33. The lowest BCUT2D eigenvalue weighted by molar-refractivity contribution is 0.243. The molecule has 1 aliphatic heterocycles. The maximum atomic E-state index is 4.10. The van der Waals surface area contributed by atoms with Crippen LogP contribution in [0.25, 0.3) is 0 Å². The van der Waals surface area contributed by atoms with Gasteiger partial charge in [0.25, 0.3) is 0 Å². The van der Waals surface area contributed by atoms with E-state index in [9.17, 15) is 0 Å². The fourth-order valence-corrected chi connectivity index (χ4v) is 2.03. The summed E-state index contributed by atoms with van der Waals surface area (Å²) in [6.07, 6.45) is 1.79. The first-order valence-electron chi connectivity index (χ1n) is 6.05. The van der Waals surface area contributed by atoms with Gasteiger partial charge in [0.15, 0.2) is 0 Å². The van der Waals surface area contributed by atoms with Crippen molar-refractivity contribution in [3.8, 4) is 11.8 Å². The minimum absolute atomic E-state index is 0.780. The number of hydrogen-bond acceptors (Lipinski definition) is 3. The zero-order valence-electron chi connectivity index (χ0n) is 10.1. The van der Waals surface area contributed by atoms with Crippen LogP contribution in [-0.4, -0.2) is 32.8 Å². The third-order valence-corrected chi connectivity index (χ3v) is 3.03. The first-order chi connectivity index (χ1) is 8.92. The van der Waals surface area contributed by atoms with Gasteiger partial charge in [-0.3, -0.25) is 4.90 Å². The van der Waals surface area contributed by atoms with Crippen molar-refractivity contribution in [2.75, 3.05) is 13.1 Å². The molecule has 1 aromatic carbocycles. The van der Waals surface area contributed by atoms with Gasteiger partial charge in [-0.15, -0.1) is 10.2 Å². The molecule has 0 amide bonds. The number of aromatic nitrogens is 3. The molecule has 0 atom stereocenters. The van der Waals surface area contributed by atoms with E-state index in [1.54, 1.807) is 6.33 Å². The summed E-state index contributed by atoms with van der Waals surface area (Å²) in [5.41, 5.74) is 1.07. The molecule has 3 rings (SSSR count). The summed E-state index contributed by atoms with van der Waals surface area (Å²) in [6.45, 7) is 3.58. The SMILES string of the molecule is C(#Cc1ccccc1)CN1CCn2cnnc2C1. The third kappa shape index (κ3) is 2.41. The molecular formula is C14H14N4. The van der Waals surface area contributed by atoms with Crippen molar-refractivity contribution in [1.29, 1.82) is 0 Å². The van der Waals surface area contributed by atoms with Crippen LogP contribution in [0.4, 0.5) is 0 Å². The summed E-state index contributed by atoms with van der Waals surface area (Å²) in [5.74, 6) is 7.42. The van der Waals surface area contributed by atoms with E-state index in [4.69, 9.17) is 0 Å². The van der Waals surface area contributed by atoms with Crippen LogP contribution in [0.15, 0.2) is 36.7 Å². The molecule has 4 nitrogen and oxygen atoms in total. The van der Waals surface area contributed by atoms with E-state index in [0.717, 1.165) is 37.6 Å². The van der Waals surface area contributed by atoms with Crippen molar-refractivity contribution < 1.29 is 0 Å². The molecule has 2 heterocycles. The molecule has 1 aliphatic rings. The van der Waals surface area contributed by atoms with Crippen LogP contribution in [0.1, 0.15) is 11.4 Å². The van der Waals surface area contributed by atoms with E-state index in [2.05, 4.69) is 31.5 Å². The van der Waals surface area contributed by atoms with Crippen LogP contribution in [0, 0.1) is 11.8 Å². The lowest BCUT2D eigenvalue weighted by atomic mass is 10.2. The van der Waals surface area contributed by atoms with Crippen LogP contribution in [-0.2, 0) is 13.1 Å². The summed E-state index contributed by atoms with van der Waals surface area (Å²) in [5, 5.41) is 8.01. The highest BCUT2D eigenvalue weighted by atomic mass is 15.3. The van der Waals surface area contributed by atoms with Crippen LogP contribution in [0.3, 0.4) is 0 Å². The molecule has 0 saturated heterocycles. The molecule has 2 aromatic rings. The Balaban J connectivity index is 1.61. The summed E-state index contributed by atoms with van der Waals surface area (Å²) >= 11 is 0. The first-order valence-corrected chi connectivity index (χ1v) is 6.05. The predicted octanol–water partition coefficient (Wildman–Crippen LogP) is 1.15. The fourth-order valence-electron chi connectivity index (χ4n) is 2.03. The van der Waals surface area contributed by atoms with Crippen LogP contribution >= 0.6 is 0 Å². The van der Waals surface area contributed by atoms with E-state index < -0.39 is 0 Å². The third-order valence-electron chi connectivity index (χ3n) is 3.03. The van der Waals surface area contributed by atoms with Crippen molar-refractivity contribution in [1.82, 2.24) is 19.7 Å². The summed E-state index contributed by atoms with van der Waals surface area (Å²) in [4.78, 5) is 2.29. The second-order valence-electron chi connectivity index (χ2n) is 4.32. The number of rotatable bonds is 1. The number of fused-ring (bicyclic) bond motifs is 1. The van der Waals surface area contributed by atoms with Gasteiger partial charge in [-0.05, 0) is 12.1 Å². The van der Waals surface area contributed by atoms with Crippen LogP contribution < -0.4 is 0 Å². The van der Waals surface area contributed by atoms with Gasteiger partial charge in [0.1, 0.15) is 12.2 Å². The Morgan fingerprint density at radius 3 is 2.94 bits per heavy atom. The number of nitrogens with zero attached hydrogens (tertiary/aromatic N) is 4. The molecule has 0 radical (unpaired) electrons. The molecule has 90 valence electrons. The lowest BCUT2D eigenvalue weighted by Gasteiger charge is -2.24. The highest BCUT2D eigenvalue weighted by Crippen LogP contribution is 2.07. The molecule has 0 bridgehead atoms. The molecule has 0 N–H and O–H groups in total. The highest BCUT2D eigenvalue weighted by Gasteiger charge is 2.15. The molecule has 0 saturated carbocycles. The number of hydrogen-bond donors (Lipinski definition) is 0. The Morgan fingerprint density at radius 2 is 2.06 bits per heavy atom. The largest absolute Gasteiger partial charge is 0.315 e. The summed E-state index contributed by atoms with van der Waals surface area (Å²) in [7, 11) is 0. The molecule has 1 aromatic heterocycles. The smallest absolute Gasteiger partial charge is 0.147 e. The summed E-state index contributed by atoms with van der Waals surface area (Å²) < 4.78 is 2.10. The van der Waals surface area contributed by atoms with E-state index in [1.807, 2.05) is 30.3 Å². The maximum absolute atomic E-state index is 4.10. The Hall–Kier alpha value is -2.12. The molecular weight excluding hydrogens is 224 g/mol. The van der Waals surface area contributed by atoms with Gasteiger partial charge in [0.2, 0.25) is 0 Å². The molecule has 18 heavy (non-hydrogen) atoms. The minimum atomic E-state index is 0.780. The van der Waals surface area contributed by atoms with Gasteiger partial charge >= 0.3 is 0 Å². The van der Waals surface area contributed by atoms with Gasteiger partial charge in [-0.2, -0.15) is 0 Å². The normalized spacial score (nSPS) is 14.7. The van der Waals surface area contributed by atoms with E-state index in [1.165, 1.54) is 0 Å². The molecule has 4 heteroatoms. The second kappa shape index (κ2) is 5.03. The van der Waals surface area contributed by atoms with Gasteiger partial charge in [-0.1, -0.05) is 30.0 Å². The van der Waals surface area contributed by atoms with Gasteiger partial charge in [0, 0.05) is 18.7 Å².